The van der Waals surface area contributed by atoms with Crippen molar-refractivity contribution in [3.05, 3.63) is 53.1 Å². The predicted molar refractivity (Wildman–Crippen MR) is 118 cm³/mol. The molecule has 26 heavy (non-hydrogen) atoms. The van der Waals surface area contributed by atoms with Crippen LogP contribution in [0.1, 0.15) is 58.2 Å². The van der Waals surface area contributed by atoms with Gasteiger partial charge in [-0.3, -0.25) is 4.99 Å². The van der Waals surface area contributed by atoms with Gasteiger partial charge in [-0.1, -0.05) is 73.7 Å². The maximum atomic E-state index is 10.9. The molecule has 0 heterocycles. The van der Waals surface area contributed by atoms with Crippen LogP contribution in [-0.2, 0) is 10.8 Å². The number of aromatic hydroxyl groups is 1. The summed E-state index contributed by atoms with van der Waals surface area (Å²) in [5, 5.41) is 12.2. The minimum absolute atomic E-state index is 0.00928. The van der Waals surface area contributed by atoms with Crippen molar-refractivity contribution in [2.75, 3.05) is 13.3 Å². The Bertz CT molecular complexity index is 808. The first kappa shape index (κ1) is 20.6. The van der Waals surface area contributed by atoms with E-state index in [4.69, 9.17) is 4.99 Å². The largest absolute Gasteiger partial charge is 0.507 e. The molecular formula is C23H32NOP. The lowest BCUT2D eigenvalue weighted by Crippen LogP contribution is -2.17. The van der Waals surface area contributed by atoms with Gasteiger partial charge in [-0.05, 0) is 41.9 Å². The van der Waals surface area contributed by atoms with Gasteiger partial charge in [-0.15, -0.1) is 0 Å². The second-order valence-electron chi connectivity index (χ2n) is 9.10. The monoisotopic (exact) mass is 369 g/mol. The number of aliphatic imine (C=N–C) groups is 1. The Morgan fingerprint density at radius 2 is 1.54 bits per heavy atom. The number of para-hydroxylation sites is 1. The van der Waals surface area contributed by atoms with Crippen molar-refractivity contribution in [3.8, 4) is 5.75 Å². The molecular weight excluding hydrogens is 337 g/mol. The van der Waals surface area contributed by atoms with Gasteiger partial charge in [0.2, 0.25) is 0 Å². The Morgan fingerprint density at radius 3 is 2.08 bits per heavy atom. The fourth-order valence-corrected chi connectivity index (χ4v) is 3.83. The summed E-state index contributed by atoms with van der Waals surface area (Å²) in [6, 6.07) is 12.5. The number of phenols is 1. The maximum Gasteiger partial charge on any atom is 0.128 e. The molecule has 0 aliphatic heterocycles. The summed E-state index contributed by atoms with van der Waals surface area (Å²) in [6.07, 6.45) is 1.82. The lowest BCUT2D eigenvalue weighted by Gasteiger charge is -2.27. The van der Waals surface area contributed by atoms with Crippen LogP contribution in [-0.4, -0.2) is 24.7 Å². The Balaban J connectivity index is 2.59. The molecule has 0 spiro atoms. The number of rotatable bonds is 3. The normalized spacial score (nSPS) is 13.0. The van der Waals surface area contributed by atoms with Gasteiger partial charge < -0.3 is 5.11 Å². The van der Waals surface area contributed by atoms with Crippen molar-refractivity contribution in [1.82, 2.24) is 0 Å². The lowest BCUT2D eigenvalue weighted by atomic mass is 9.79. The number of hydrogen-bond acceptors (Lipinski definition) is 2. The van der Waals surface area contributed by atoms with E-state index in [9.17, 15) is 5.11 Å². The van der Waals surface area contributed by atoms with Gasteiger partial charge in [-0.25, -0.2) is 0 Å². The van der Waals surface area contributed by atoms with E-state index in [1.54, 1.807) is 0 Å². The van der Waals surface area contributed by atoms with E-state index in [0.29, 0.717) is 5.75 Å². The zero-order valence-electron chi connectivity index (χ0n) is 17.4. The molecule has 2 nitrogen and oxygen atoms in total. The molecule has 0 amide bonds. The highest BCUT2D eigenvalue weighted by Gasteiger charge is 2.24. The smallest absolute Gasteiger partial charge is 0.128 e. The molecule has 0 saturated carbocycles. The molecule has 140 valence electrons. The third-order valence-corrected chi connectivity index (χ3v) is 5.86. The quantitative estimate of drug-likeness (QED) is 0.514. The molecule has 0 atom stereocenters. The molecule has 0 bridgehead atoms. The van der Waals surface area contributed by atoms with Gasteiger partial charge in [0, 0.05) is 22.6 Å². The van der Waals surface area contributed by atoms with Crippen LogP contribution in [0.5, 0.6) is 5.75 Å². The Hall–Kier alpha value is -1.66. The van der Waals surface area contributed by atoms with Crippen LogP contribution in [0.25, 0.3) is 0 Å². The van der Waals surface area contributed by atoms with Crippen LogP contribution in [0.2, 0.25) is 0 Å². The molecule has 3 heteroatoms. The molecule has 0 aliphatic rings. The van der Waals surface area contributed by atoms with Crippen LogP contribution in [0.15, 0.2) is 41.4 Å². The third-order valence-electron chi connectivity index (χ3n) is 4.52. The maximum absolute atomic E-state index is 10.9. The minimum Gasteiger partial charge on any atom is -0.507 e. The van der Waals surface area contributed by atoms with Crippen molar-refractivity contribution in [2.24, 2.45) is 4.99 Å². The summed E-state index contributed by atoms with van der Waals surface area (Å²) in [7, 11) is -0.230. The topological polar surface area (TPSA) is 32.6 Å². The number of nitrogens with zero attached hydrogens (tertiary/aromatic N) is 1. The average molecular weight is 369 g/mol. The number of hydrogen-bond donors (Lipinski definition) is 1. The van der Waals surface area contributed by atoms with Crippen LogP contribution >= 0.6 is 7.92 Å². The predicted octanol–water partition coefficient (Wildman–Crippen LogP) is 6.10. The first-order valence-electron chi connectivity index (χ1n) is 9.09. The van der Waals surface area contributed by atoms with Crippen LogP contribution < -0.4 is 5.30 Å². The van der Waals surface area contributed by atoms with E-state index in [2.05, 4.69) is 79.1 Å². The fraction of sp³-hybridized carbons (Fsp3) is 0.435. The summed E-state index contributed by atoms with van der Waals surface area (Å²) < 4.78 is 0. The zero-order valence-corrected chi connectivity index (χ0v) is 18.3. The van der Waals surface area contributed by atoms with Gasteiger partial charge in [0.1, 0.15) is 5.75 Å². The highest BCUT2D eigenvalue weighted by molar-refractivity contribution is 7.64. The molecule has 0 saturated heterocycles. The average Bonchev–Trinajstić information content (AvgIpc) is 2.51. The van der Waals surface area contributed by atoms with Crippen molar-refractivity contribution >= 4 is 25.1 Å². The first-order chi connectivity index (χ1) is 11.9. The Labute approximate surface area is 160 Å². The van der Waals surface area contributed by atoms with Crippen LogP contribution in [0, 0.1) is 0 Å². The Morgan fingerprint density at radius 1 is 0.923 bits per heavy atom. The molecule has 0 radical (unpaired) electrons. The summed E-state index contributed by atoms with van der Waals surface area (Å²) >= 11 is 0. The Kier molecular flexibility index (Phi) is 5.98. The fourth-order valence-electron chi connectivity index (χ4n) is 2.85. The molecule has 2 rings (SSSR count). The zero-order chi connectivity index (χ0) is 19.7. The molecule has 2 aromatic rings. The highest BCUT2D eigenvalue weighted by atomic mass is 31.1. The highest BCUT2D eigenvalue weighted by Crippen LogP contribution is 2.37. The van der Waals surface area contributed by atoms with E-state index in [1.165, 1.54) is 10.9 Å². The van der Waals surface area contributed by atoms with Crippen LogP contribution in [0.3, 0.4) is 0 Å². The van der Waals surface area contributed by atoms with Gasteiger partial charge in [0.25, 0.3) is 0 Å². The number of benzene rings is 2. The third kappa shape index (κ3) is 4.74. The molecule has 0 aliphatic carbocycles. The first-order valence-corrected chi connectivity index (χ1v) is 11.3. The van der Waals surface area contributed by atoms with Crippen molar-refractivity contribution in [2.45, 2.75) is 52.4 Å². The molecule has 0 unspecified atom stereocenters. The SMILES string of the molecule is CP(C)c1ccccc1/N=C/c1cc(C(C)(C)C)cc(C(C)(C)C)c1O. The molecule has 0 aromatic heterocycles. The van der Waals surface area contributed by atoms with E-state index >= 15 is 0 Å². The summed E-state index contributed by atoms with van der Waals surface area (Å²) in [5.74, 6) is 0.335. The number of phenolic OH excluding ortho intramolecular Hbond substituents is 1. The summed E-state index contributed by atoms with van der Waals surface area (Å²) in [4.78, 5) is 4.74. The standard InChI is InChI=1S/C23H32NOP/c1-22(2,3)17-13-16(21(25)18(14-17)23(4,5)6)15-24-19-11-9-10-12-20(19)26(7)8/h9-15,25H,1-8H3/b24-15+. The van der Waals surface area contributed by atoms with Gasteiger partial charge >= 0.3 is 0 Å². The minimum atomic E-state index is -0.230. The van der Waals surface area contributed by atoms with E-state index < -0.39 is 0 Å². The molecule has 2 aromatic carbocycles. The van der Waals surface area contributed by atoms with E-state index in [-0.39, 0.29) is 18.8 Å². The van der Waals surface area contributed by atoms with Gasteiger partial charge in [-0.2, -0.15) is 0 Å². The molecule has 1 N–H and O–H groups in total. The van der Waals surface area contributed by atoms with Crippen molar-refractivity contribution < 1.29 is 5.11 Å². The van der Waals surface area contributed by atoms with Crippen LogP contribution in [0.4, 0.5) is 5.69 Å². The van der Waals surface area contributed by atoms with E-state index in [1.807, 2.05) is 18.3 Å². The van der Waals surface area contributed by atoms with Gasteiger partial charge in [0.15, 0.2) is 0 Å². The van der Waals surface area contributed by atoms with Crippen molar-refractivity contribution in [1.29, 1.82) is 0 Å². The summed E-state index contributed by atoms with van der Waals surface area (Å²) in [6.45, 7) is 17.5. The van der Waals surface area contributed by atoms with Crippen molar-refractivity contribution in [3.63, 3.8) is 0 Å². The second kappa shape index (κ2) is 7.53. The molecule has 0 fully saturated rings. The van der Waals surface area contributed by atoms with Gasteiger partial charge in [0.05, 0.1) is 5.69 Å². The van der Waals surface area contributed by atoms with E-state index in [0.717, 1.165) is 16.8 Å². The lowest BCUT2D eigenvalue weighted by molar-refractivity contribution is 0.444. The summed E-state index contributed by atoms with van der Waals surface area (Å²) in [5.41, 5.74) is 3.83. The second-order valence-corrected chi connectivity index (χ2v) is 11.4.